The van der Waals surface area contributed by atoms with Crippen molar-refractivity contribution in [2.75, 3.05) is 13.2 Å². The van der Waals surface area contributed by atoms with Crippen molar-refractivity contribution in [2.24, 2.45) is 5.92 Å². The van der Waals surface area contributed by atoms with Crippen LogP contribution >= 0.6 is 0 Å². The normalized spacial score (nSPS) is 20.2. The van der Waals surface area contributed by atoms with E-state index in [1.54, 1.807) is 0 Å². The van der Waals surface area contributed by atoms with Gasteiger partial charge in [-0.05, 0) is 49.9 Å². The SMILES string of the molecule is CCNC(c1cccc(OCC)c1)C1CCC(F)(F)CC1. The van der Waals surface area contributed by atoms with Crippen LogP contribution in [0.15, 0.2) is 24.3 Å². The molecule has 4 heteroatoms. The zero-order chi connectivity index (χ0) is 15.3. The van der Waals surface area contributed by atoms with Crippen molar-refractivity contribution in [3.63, 3.8) is 0 Å². The van der Waals surface area contributed by atoms with E-state index in [0.717, 1.165) is 17.9 Å². The monoisotopic (exact) mass is 297 g/mol. The van der Waals surface area contributed by atoms with Crippen molar-refractivity contribution in [3.05, 3.63) is 29.8 Å². The highest BCUT2D eigenvalue weighted by Gasteiger charge is 2.37. The van der Waals surface area contributed by atoms with Crippen molar-refractivity contribution in [1.29, 1.82) is 0 Å². The third kappa shape index (κ3) is 4.40. The number of hydrogen-bond acceptors (Lipinski definition) is 2. The molecule has 1 atom stereocenters. The average Bonchev–Trinajstić information content (AvgIpc) is 2.46. The molecular formula is C17H25F2NO. The third-order valence-corrected chi connectivity index (χ3v) is 4.19. The summed E-state index contributed by atoms with van der Waals surface area (Å²) in [5, 5.41) is 3.46. The highest BCUT2D eigenvalue weighted by Crippen LogP contribution is 2.41. The number of ether oxygens (including phenoxy) is 1. The lowest BCUT2D eigenvalue weighted by Gasteiger charge is -2.34. The molecule has 0 spiro atoms. The molecule has 1 fully saturated rings. The van der Waals surface area contributed by atoms with Gasteiger partial charge in [-0.3, -0.25) is 0 Å². The lowest BCUT2D eigenvalue weighted by Crippen LogP contribution is -2.34. The molecule has 1 saturated carbocycles. The lowest BCUT2D eigenvalue weighted by molar-refractivity contribution is -0.0497. The summed E-state index contributed by atoms with van der Waals surface area (Å²) in [5.74, 6) is -1.36. The third-order valence-electron chi connectivity index (χ3n) is 4.19. The Labute approximate surface area is 125 Å². The van der Waals surface area contributed by atoms with Gasteiger partial charge in [0.25, 0.3) is 0 Å². The van der Waals surface area contributed by atoms with E-state index < -0.39 is 5.92 Å². The molecule has 1 unspecified atom stereocenters. The van der Waals surface area contributed by atoms with Gasteiger partial charge in [-0.25, -0.2) is 8.78 Å². The Balaban J connectivity index is 2.13. The number of hydrogen-bond donors (Lipinski definition) is 1. The van der Waals surface area contributed by atoms with E-state index in [1.165, 1.54) is 0 Å². The predicted octanol–water partition coefficient (Wildman–Crippen LogP) is 4.56. The van der Waals surface area contributed by atoms with Crippen LogP contribution in [0.3, 0.4) is 0 Å². The van der Waals surface area contributed by atoms with Crippen molar-refractivity contribution in [2.45, 2.75) is 51.5 Å². The van der Waals surface area contributed by atoms with Gasteiger partial charge in [0, 0.05) is 18.9 Å². The zero-order valence-electron chi connectivity index (χ0n) is 12.9. The predicted molar refractivity (Wildman–Crippen MR) is 80.9 cm³/mol. The van der Waals surface area contributed by atoms with Crippen LogP contribution in [0.4, 0.5) is 8.78 Å². The Bertz CT molecular complexity index is 440. The van der Waals surface area contributed by atoms with E-state index in [9.17, 15) is 8.78 Å². The standard InChI is InChI=1S/C17H25F2NO/c1-3-20-16(13-8-10-17(18,19)11-9-13)14-6-5-7-15(12-14)21-4-2/h5-7,12-13,16,20H,3-4,8-11H2,1-2H3. The molecule has 0 aromatic heterocycles. The molecule has 2 rings (SSSR count). The topological polar surface area (TPSA) is 21.3 Å². The molecule has 0 saturated heterocycles. The maximum atomic E-state index is 13.4. The molecule has 0 amide bonds. The van der Waals surface area contributed by atoms with E-state index in [0.29, 0.717) is 19.4 Å². The lowest BCUT2D eigenvalue weighted by atomic mass is 9.79. The number of nitrogens with one attached hydrogen (secondary N) is 1. The van der Waals surface area contributed by atoms with Crippen molar-refractivity contribution >= 4 is 0 Å². The van der Waals surface area contributed by atoms with E-state index in [4.69, 9.17) is 4.74 Å². The first kappa shape index (κ1) is 16.2. The first-order chi connectivity index (χ1) is 10.1. The van der Waals surface area contributed by atoms with E-state index in [-0.39, 0.29) is 24.8 Å². The molecule has 0 radical (unpaired) electrons. The summed E-state index contributed by atoms with van der Waals surface area (Å²) in [6.07, 6.45) is 1.16. The fourth-order valence-corrected chi connectivity index (χ4v) is 3.14. The second kappa shape index (κ2) is 7.21. The largest absolute Gasteiger partial charge is 0.494 e. The number of rotatable bonds is 6. The van der Waals surface area contributed by atoms with Crippen molar-refractivity contribution < 1.29 is 13.5 Å². The van der Waals surface area contributed by atoms with Crippen LogP contribution in [-0.2, 0) is 0 Å². The van der Waals surface area contributed by atoms with Crippen LogP contribution < -0.4 is 10.1 Å². The molecular weight excluding hydrogens is 272 g/mol. The van der Waals surface area contributed by atoms with Gasteiger partial charge >= 0.3 is 0 Å². The fourth-order valence-electron chi connectivity index (χ4n) is 3.14. The molecule has 0 aliphatic heterocycles. The Kier molecular flexibility index (Phi) is 5.57. The Morgan fingerprint density at radius 2 is 2.00 bits per heavy atom. The summed E-state index contributed by atoms with van der Waals surface area (Å²) in [4.78, 5) is 0. The van der Waals surface area contributed by atoms with Crippen LogP contribution in [-0.4, -0.2) is 19.1 Å². The van der Waals surface area contributed by atoms with Crippen molar-refractivity contribution in [3.8, 4) is 5.75 Å². The summed E-state index contributed by atoms with van der Waals surface area (Å²) in [5.41, 5.74) is 1.14. The number of halogens is 2. The Morgan fingerprint density at radius 3 is 2.62 bits per heavy atom. The maximum absolute atomic E-state index is 13.4. The molecule has 21 heavy (non-hydrogen) atoms. The molecule has 2 nitrogen and oxygen atoms in total. The first-order valence-electron chi connectivity index (χ1n) is 7.89. The Hall–Kier alpha value is -1.16. The second-order valence-corrected chi connectivity index (χ2v) is 5.73. The Morgan fingerprint density at radius 1 is 1.29 bits per heavy atom. The zero-order valence-corrected chi connectivity index (χ0v) is 12.9. The summed E-state index contributed by atoms with van der Waals surface area (Å²) < 4.78 is 32.3. The van der Waals surface area contributed by atoms with Crippen LogP contribution in [0.25, 0.3) is 0 Å². The minimum atomic E-state index is -2.47. The van der Waals surface area contributed by atoms with Crippen molar-refractivity contribution in [1.82, 2.24) is 5.32 Å². The minimum absolute atomic E-state index is 0.00467. The molecule has 1 aromatic rings. The molecule has 118 valence electrons. The van der Waals surface area contributed by atoms with Crippen LogP contribution in [0, 0.1) is 5.92 Å². The molecule has 1 aromatic carbocycles. The first-order valence-corrected chi connectivity index (χ1v) is 7.89. The minimum Gasteiger partial charge on any atom is -0.494 e. The van der Waals surface area contributed by atoms with Crippen LogP contribution in [0.5, 0.6) is 5.75 Å². The summed E-state index contributed by atoms with van der Waals surface area (Å²) >= 11 is 0. The summed E-state index contributed by atoms with van der Waals surface area (Å²) in [6.45, 7) is 5.47. The smallest absolute Gasteiger partial charge is 0.248 e. The van der Waals surface area contributed by atoms with Gasteiger partial charge < -0.3 is 10.1 Å². The van der Waals surface area contributed by atoms with E-state index >= 15 is 0 Å². The van der Waals surface area contributed by atoms with Gasteiger partial charge in [-0.15, -0.1) is 0 Å². The maximum Gasteiger partial charge on any atom is 0.248 e. The van der Waals surface area contributed by atoms with Gasteiger partial charge in [-0.2, -0.15) is 0 Å². The molecule has 0 bridgehead atoms. The molecule has 1 N–H and O–H groups in total. The second-order valence-electron chi connectivity index (χ2n) is 5.73. The molecule has 1 aliphatic carbocycles. The average molecular weight is 297 g/mol. The van der Waals surface area contributed by atoms with Gasteiger partial charge in [0.2, 0.25) is 5.92 Å². The summed E-state index contributed by atoms with van der Waals surface area (Å²) in [7, 11) is 0. The highest BCUT2D eigenvalue weighted by atomic mass is 19.3. The number of alkyl halides is 2. The highest BCUT2D eigenvalue weighted by molar-refractivity contribution is 5.31. The van der Waals surface area contributed by atoms with Gasteiger partial charge in [0.1, 0.15) is 5.75 Å². The summed E-state index contributed by atoms with van der Waals surface area (Å²) in [6, 6.07) is 8.13. The molecule has 1 aliphatic rings. The van der Waals surface area contributed by atoms with Crippen LogP contribution in [0.1, 0.15) is 51.1 Å². The van der Waals surface area contributed by atoms with E-state index in [2.05, 4.69) is 18.3 Å². The van der Waals surface area contributed by atoms with Gasteiger partial charge in [-0.1, -0.05) is 19.1 Å². The quantitative estimate of drug-likeness (QED) is 0.831. The number of benzene rings is 1. The molecule has 0 heterocycles. The van der Waals surface area contributed by atoms with Crippen LogP contribution in [0.2, 0.25) is 0 Å². The fraction of sp³-hybridized carbons (Fsp3) is 0.647. The van der Waals surface area contributed by atoms with E-state index in [1.807, 2.05) is 25.1 Å². The van der Waals surface area contributed by atoms with Gasteiger partial charge in [0.15, 0.2) is 0 Å². The van der Waals surface area contributed by atoms with Gasteiger partial charge in [0.05, 0.1) is 6.61 Å².